The van der Waals surface area contributed by atoms with E-state index in [1.807, 2.05) is 25.1 Å². The summed E-state index contributed by atoms with van der Waals surface area (Å²) in [7, 11) is -3.20. The van der Waals surface area contributed by atoms with Gasteiger partial charge in [0.25, 0.3) is 0 Å². The third kappa shape index (κ3) is 3.95. The summed E-state index contributed by atoms with van der Waals surface area (Å²) in [5.41, 5.74) is 3.26. The van der Waals surface area contributed by atoms with Crippen molar-refractivity contribution in [3.05, 3.63) is 34.9 Å². The lowest BCUT2D eigenvalue weighted by Crippen LogP contribution is -2.40. The molecule has 1 aromatic carbocycles. The zero-order valence-electron chi connectivity index (χ0n) is 14.2. The summed E-state index contributed by atoms with van der Waals surface area (Å²) in [6.07, 6.45) is 3.27. The topological polar surface area (TPSA) is 49.4 Å². The Bertz CT molecular complexity index is 643. The van der Waals surface area contributed by atoms with E-state index in [4.69, 9.17) is 0 Å². The van der Waals surface area contributed by atoms with E-state index in [-0.39, 0.29) is 5.75 Å². The Labute approximate surface area is 140 Å². The van der Waals surface area contributed by atoms with Crippen LogP contribution in [-0.2, 0) is 15.8 Å². The summed E-state index contributed by atoms with van der Waals surface area (Å²) in [6.45, 7) is 7.70. The van der Waals surface area contributed by atoms with E-state index >= 15 is 0 Å². The van der Waals surface area contributed by atoms with Crippen LogP contribution in [0.5, 0.6) is 0 Å². The van der Waals surface area contributed by atoms with Gasteiger partial charge in [0.05, 0.1) is 5.75 Å². The Balaban J connectivity index is 1.60. The first kappa shape index (κ1) is 16.9. The molecule has 1 aromatic rings. The molecule has 2 saturated heterocycles. The maximum Gasteiger partial charge on any atom is 0.218 e. The summed E-state index contributed by atoms with van der Waals surface area (Å²) in [4.78, 5) is 0. The molecule has 1 unspecified atom stereocenters. The third-order valence-electron chi connectivity index (χ3n) is 5.58. The van der Waals surface area contributed by atoms with Gasteiger partial charge < -0.3 is 5.32 Å². The Morgan fingerprint density at radius 2 is 1.83 bits per heavy atom. The molecule has 0 amide bonds. The zero-order valence-corrected chi connectivity index (χ0v) is 15.0. The highest BCUT2D eigenvalue weighted by Gasteiger charge is 2.32. The molecular formula is C18H28N2O2S. The summed E-state index contributed by atoms with van der Waals surface area (Å²) in [5, 5.41) is 3.42. The van der Waals surface area contributed by atoms with Crippen molar-refractivity contribution in [2.45, 2.75) is 38.9 Å². The number of hydrogen-bond donors (Lipinski definition) is 1. The normalized spacial score (nSPS) is 24.2. The van der Waals surface area contributed by atoms with Crippen molar-refractivity contribution in [3.63, 3.8) is 0 Å². The van der Waals surface area contributed by atoms with Crippen LogP contribution < -0.4 is 5.32 Å². The first-order chi connectivity index (χ1) is 11.0. The molecule has 0 bridgehead atoms. The van der Waals surface area contributed by atoms with E-state index in [0.29, 0.717) is 19.0 Å². The number of aryl methyl sites for hydroxylation is 2. The molecule has 2 fully saturated rings. The van der Waals surface area contributed by atoms with Crippen LogP contribution in [0.15, 0.2) is 18.2 Å². The fourth-order valence-corrected chi connectivity index (χ4v) is 5.45. The van der Waals surface area contributed by atoms with Gasteiger partial charge in [-0.15, -0.1) is 0 Å². The first-order valence-electron chi connectivity index (χ1n) is 8.70. The van der Waals surface area contributed by atoms with Crippen LogP contribution in [0.4, 0.5) is 0 Å². The molecule has 23 heavy (non-hydrogen) atoms. The molecule has 2 aliphatic heterocycles. The van der Waals surface area contributed by atoms with E-state index in [9.17, 15) is 8.42 Å². The van der Waals surface area contributed by atoms with Crippen LogP contribution in [0.2, 0.25) is 0 Å². The highest BCUT2D eigenvalue weighted by molar-refractivity contribution is 7.88. The quantitative estimate of drug-likeness (QED) is 0.919. The van der Waals surface area contributed by atoms with Crippen LogP contribution in [0.1, 0.15) is 36.0 Å². The lowest BCUT2D eigenvalue weighted by Gasteiger charge is -2.34. The number of rotatable bonds is 4. The second-order valence-electron chi connectivity index (χ2n) is 7.16. The van der Waals surface area contributed by atoms with Gasteiger partial charge in [-0.05, 0) is 74.7 Å². The highest BCUT2D eigenvalue weighted by Crippen LogP contribution is 2.30. The van der Waals surface area contributed by atoms with Crippen molar-refractivity contribution in [1.29, 1.82) is 0 Å². The maximum absolute atomic E-state index is 12.7. The Hall–Kier alpha value is -0.910. The molecular weight excluding hydrogens is 308 g/mol. The van der Waals surface area contributed by atoms with Gasteiger partial charge in [-0.1, -0.05) is 18.2 Å². The predicted molar refractivity (Wildman–Crippen MR) is 93.8 cm³/mol. The van der Waals surface area contributed by atoms with Gasteiger partial charge in [0.15, 0.2) is 0 Å². The molecule has 0 aliphatic carbocycles. The molecule has 4 nitrogen and oxygen atoms in total. The van der Waals surface area contributed by atoms with Crippen molar-refractivity contribution in [2.24, 2.45) is 11.8 Å². The lowest BCUT2D eigenvalue weighted by molar-refractivity contribution is 0.216. The van der Waals surface area contributed by atoms with E-state index in [1.165, 1.54) is 12.0 Å². The molecule has 2 heterocycles. The van der Waals surface area contributed by atoms with Crippen molar-refractivity contribution in [2.75, 3.05) is 26.2 Å². The molecule has 3 rings (SSSR count). The number of nitrogens with zero attached hydrogens (tertiary/aromatic N) is 1. The standard InChI is InChI=1S/C18H28N2O2S/c1-14-3-4-16(11-15(14)2)13-23(21,22)20-9-6-17(7-10-20)18-5-8-19-12-18/h3-4,11,17-19H,5-10,12-13H2,1-2H3. The van der Waals surface area contributed by atoms with Gasteiger partial charge >= 0.3 is 0 Å². The Kier molecular flexibility index (Phi) is 5.09. The van der Waals surface area contributed by atoms with Crippen molar-refractivity contribution >= 4 is 10.0 Å². The third-order valence-corrected chi connectivity index (χ3v) is 7.43. The number of piperidine rings is 1. The van der Waals surface area contributed by atoms with Gasteiger partial charge in [0, 0.05) is 13.1 Å². The Morgan fingerprint density at radius 3 is 2.43 bits per heavy atom. The number of nitrogens with one attached hydrogen (secondary N) is 1. The van der Waals surface area contributed by atoms with Gasteiger partial charge in [-0.3, -0.25) is 0 Å². The molecule has 0 aromatic heterocycles. The van der Waals surface area contributed by atoms with E-state index in [0.717, 1.165) is 43.0 Å². The molecule has 5 heteroatoms. The van der Waals surface area contributed by atoms with Crippen LogP contribution in [0.3, 0.4) is 0 Å². The maximum atomic E-state index is 12.7. The predicted octanol–water partition coefficient (Wildman–Crippen LogP) is 2.45. The zero-order chi connectivity index (χ0) is 16.4. The van der Waals surface area contributed by atoms with Gasteiger partial charge in [0.2, 0.25) is 10.0 Å². The van der Waals surface area contributed by atoms with E-state index in [2.05, 4.69) is 12.2 Å². The summed E-state index contributed by atoms with van der Waals surface area (Å²) < 4.78 is 27.1. The average molecular weight is 337 g/mol. The Morgan fingerprint density at radius 1 is 1.09 bits per heavy atom. The van der Waals surface area contributed by atoms with Crippen LogP contribution >= 0.6 is 0 Å². The molecule has 0 saturated carbocycles. The smallest absolute Gasteiger partial charge is 0.218 e. The van der Waals surface area contributed by atoms with E-state index < -0.39 is 10.0 Å². The largest absolute Gasteiger partial charge is 0.316 e. The van der Waals surface area contributed by atoms with Crippen molar-refractivity contribution < 1.29 is 8.42 Å². The van der Waals surface area contributed by atoms with Crippen LogP contribution in [0.25, 0.3) is 0 Å². The molecule has 1 N–H and O–H groups in total. The van der Waals surface area contributed by atoms with Crippen LogP contribution in [0, 0.1) is 25.7 Å². The average Bonchev–Trinajstić information content (AvgIpc) is 3.05. The van der Waals surface area contributed by atoms with Gasteiger partial charge in [-0.2, -0.15) is 0 Å². The fourth-order valence-electron chi connectivity index (χ4n) is 3.90. The number of benzene rings is 1. The van der Waals surface area contributed by atoms with Gasteiger partial charge in [-0.25, -0.2) is 12.7 Å². The summed E-state index contributed by atoms with van der Waals surface area (Å²) >= 11 is 0. The van der Waals surface area contributed by atoms with Crippen molar-refractivity contribution in [3.8, 4) is 0 Å². The molecule has 2 aliphatic rings. The second kappa shape index (κ2) is 6.91. The monoisotopic (exact) mass is 336 g/mol. The minimum absolute atomic E-state index is 0.129. The highest BCUT2D eigenvalue weighted by atomic mass is 32.2. The molecule has 0 radical (unpaired) electrons. The molecule has 128 valence electrons. The lowest BCUT2D eigenvalue weighted by atomic mass is 9.84. The number of hydrogen-bond acceptors (Lipinski definition) is 3. The summed E-state index contributed by atoms with van der Waals surface area (Å²) in [6, 6.07) is 5.96. The first-order valence-corrected chi connectivity index (χ1v) is 10.3. The SMILES string of the molecule is Cc1ccc(CS(=O)(=O)N2CCC(C3CCNC3)CC2)cc1C. The van der Waals surface area contributed by atoms with E-state index in [1.54, 1.807) is 4.31 Å². The van der Waals surface area contributed by atoms with Crippen molar-refractivity contribution in [1.82, 2.24) is 9.62 Å². The number of sulfonamides is 1. The second-order valence-corrected chi connectivity index (χ2v) is 9.13. The van der Waals surface area contributed by atoms with Crippen LogP contribution in [-0.4, -0.2) is 38.9 Å². The molecule has 0 spiro atoms. The summed E-state index contributed by atoms with van der Waals surface area (Å²) in [5.74, 6) is 1.57. The minimum atomic E-state index is -3.20. The molecule has 1 atom stereocenters. The fraction of sp³-hybridized carbons (Fsp3) is 0.667. The minimum Gasteiger partial charge on any atom is -0.316 e. The van der Waals surface area contributed by atoms with Gasteiger partial charge in [0.1, 0.15) is 0 Å².